The molecule has 0 atom stereocenters. The molecule has 0 radical (unpaired) electrons. The summed E-state index contributed by atoms with van der Waals surface area (Å²) in [5, 5.41) is 19.3. The van der Waals surface area contributed by atoms with Crippen molar-refractivity contribution in [1.29, 1.82) is 0 Å². The van der Waals surface area contributed by atoms with Crippen molar-refractivity contribution >= 4 is 17.6 Å². The van der Waals surface area contributed by atoms with Crippen LogP contribution in [0.2, 0.25) is 0 Å². The van der Waals surface area contributed by atoms with Gasteiger partial charge in [0.2, 0.25) is 0 Å². The zero-order valence-electron chi connectivity index (χ0n) is 9.70. The van der Waals surface area contributed by atoms with Gasteiger partial charge in [-0.25, -0.2) is 0 Å². The maximum atomic E-state index is 11.9. The molecule has 0 saturated carbocycles. The molecular formula is C11H12N2O5. The van der Waals surface area contributed by atoms with E-state index in [2.05, 4.69) is 0 Å². The Balaban J connectivity index is 2.90. The van der Waals surface area contributed by atoms with Crippen molar-refractivity contribution in [1.82, 2.24) is 4.90 Å². The molecule has 0 spiro atoms. The third-order valence-electron chi connectivity index (χ3n) is 2.34. The Hall–Kier alpha value is -2.44. The number of hydrogen-bond donors (Lipinski definition) is 1. The topological polar surface area (TPSA) is 101 Å². The zero-order chi connectivity index (χ0) is 13.7. The molecule has 0 saturated heterocycles. The summed E-state index contributed by atoms with van der Waals surface area (Å²) in [6.07, 6.45) is -0.205. The van der Waals surface area contributed by atoms with Crippen LogP contribution in [0, 0.1) is 10.1 Å². The number of nitro benzene ring substituents is 1. The molecule has 0 unspecified atom stereocenters. The number of carbonyl (C=O) groups excluding carboxylic acids is 1. The molecule has 0 heterocycles. The highest BCUT2D eigenvalue weighted by molar-refractivity contribution is 5.98. The Kier molecular flexibility index (Phi) is 4.36. The lowest BCUT2D eigenvalue weighted by Crippen LogP contribution is -2.29. The van der Waals surface area contributed by atoms with Gasteiger partial charge in [0.05, 0.1) is 11.3 Å². The smallest absolute Gasteiger partial charge is 0.305 e. The maximum Gasteiger partial charge on any atom is 0.305 e. The Bertz CT molecular complexity index is 486. The van der Waals surface area contributed by atoms with Gasteiger partial charge in [-0.3, -0.25) is 19.7 Å². The van der Waals surface area contributed by atoms with Gasteiger partial charge >= 0.3 is 5.97 Å². The van der Waals surface area contributed by atoms with Crippen LogP contribution in [0.4, 0.5) is 5.69 Å². The lowest BCUT2D eigenvalue weighted by molar-refractivity contribution is -0.385. The predicted octanol–water partition coefficient (Wildman–Crippen LogP) is 1.14. The van der Waals surface area contributed by atoms with Crippen LogP contribution < -0.4 is 0 Å². The molecule has 1 amide bonds. The van der Waals surface area contributed by atoms with Crippen LogP contribution in [0.3, 0.4) is 0 Å². The molecular weight excluding hydrogens is 240 g/mol. The summed E-state index contributed by atoms with van der Waals surface area (Å²) in [5.41, 5.74) is -0.333. The molecule has 0 fully saturated rings. The van der Waals surface area contributed by atoms with Crippen molar-refractivity contribution in [2.45, 2.75) is 6.42 Å². The normalized spacial score (nSPS) is 9.83. The Morgan fingerprint density at radius 1 is 1.39 bits per heavy atom. The number of rotatable bonds is 5. The lowest BCUT2D eigenvalue weighted by atomic mass is 10.1. The van der Waals surface area contributed by atoms with E-state index in [0.717, 1.165) is 4.90 Å². The summed E-state index contributed by atoms with van der Waals surface area (Å²) in [7, 11) is 1.40. The molecule has 0 aliphatic rings. The van der Waals surface area contributed by atoms with E-state index in [4.69, 9.17) is 5.11 Å². The average Bonchev–Trinajstić information content (AvgIpc) is 2.34. The molecule has 0 aliphatic carbocycles. The van der Waals surface area contributed by atoms with Gasteiger partial charge in [0.1, 0.15) is 5.56 Å². The van der Waals surface area contributed by atoms with Crippen LogP contribution in [-0.4, -0.2) is 40.4 Å². The van der Waals surface area contributed by atoms with Crippen molar-refractivity contribution < 1.29 is 19.6 Å². The van der Waals surface area contributed by atoms with E-state index in [0.29, 0.717) is 0 Å². The Morgan fingerprint density at radius 3 is 2.56 bits per heavy atom. The van der Waals surface area contributed by atoms with Gasteiger partial charge in [-0.05, 0) is 6.07 Å². The van der Waals surface area contributed by atoms with Crippen molar-refractivity contribution in [2.24, 2.45) is 0 Å². The van der Waals surface area contributed by atoms with Crippen molar-refractivity contribution in [3.63, 3.8) is 0 Å². The zero-order valence-corrected chi connectivity index (χ0v) is 9.70. The molecule has 1 aromatic rings. The van der Waals surface area contributed by atoms with Gasteiger partial charge < -0.3 is 10.0 Å². The molecule has 0 aromatic heterocycles. The first-order valence-electron chi connectivity index (χ1n) is 5.14. The largest absolute Gasteiger partial charge is 0.481 e. The van der Waals surface area contributed by atoms with Gasteiger partial charge in [-0.2, -0.15) is 0 Å². The van der Waals surface area contributed by atoms with Crippen molar-refractivity contribution in [3.8, 4) is 0 Å². The van der Waals surface area contributed by atoms with E-state index in [1.807, 2.05) is 0 Å². The van der Waals surface area contributed by atoms with Crippen molar-refractivity contribution in [3.05, 3.63) is 39.9 Å². The number of benzene rings is 1. The summed E-state index contributed by atoms with van der Waals surface area (Å²) >= 11 is 0. The summed E-state index contributed by atoms with van der Waals surface area (Å²) in [6.45, 7) is 0.000214. The summed E-state index contributed by atoms with van der Waals surface area (Å²) in [6, 6.07) is 5.56. The quantitative estimate of drug-likeness (QED) is 0.625. The van der Waals surface area contributed by atoms with Gasteiger partial charge in [-0.1, -0.05) is 12.1 Å². The summed E-state index contributed by atoms with van der Waals surface area (Å²) in [5.74, 6) is -1.60. The van der Waals surface area contributed by atoms with E-state index in [1.165, 1.54) is 31.3 Å². The lowest BCUT2D eigenvalue weighted by Gasteiger charge is -2.15. The highest BCUT2D eigenvalue weighted by atomic mass is 16.6. The van der Waals surface area contributed by atoms with Crippen LogP contribution in [0.15, 0.2) is 24.3 Å². The number of carboxylic acid groups (broad SMARTS) is 1. The Morgan fingerprint density at radius 2 is 2.00 bits per heavy atom. The van der Waals surface area contributed by atoms with Crippen LogP contribution in [0.1, 0.15) is 16.8 Å². The number of para-hydroxylation sites is 1. The highest BCUT2D eigenvalue weighted by Crippen LogP contribution is 2.19. The molecule has 7 nitrogen and oxygen atoms in total. The second-order valence-corrected chi connectivity index (χ2v) is 3.64. The number of amides is 1. The number of carbonyl (C=O) groups is 2. The third kappa shape index (κ3) is 3.27. The van der Waals surface area contributed by atoms with Gasteiger partial charge in [0.15, 0.2) is 0 Å². The third-order valence-corrected chi connectivity index (χ3v) is 2.34. The van der Waals surface area contributed by atoms with Crippen LogP contribution in [0.5, 0.6) is 0 Å². The minimum atomic E-state index is -1.03. The fraction of sp³-hybridized carbons (Fsp3) is 0.273. The fourth-order valence-electron chi connectivity index (χ4n) is 1.38. The van der Waals surface area contributed by atoms with Crippen LogP contribution in [0.25, 0.3) is 0 Å². The Labute approximate surface area is 103 Å². The molecule has 96 valence electrons. The molecule has 0 aliphatic heterocycles. The number of aliphatic carboxylic acids is 1. The molecule has 1 rings (SSSR count). The average molecular weight is 252 g/mol. The molecule has 1 N–H and O–H groups in total. The number of carboxylic acids is 1. The van der Waals surface area contributed by atoms with E-state index in [-0.39, 0.29) is 24.2 Å². The van der Waals surface area contributed by atoms with Gasteiger partial charge in [-0.15, -0.1) is 0 Å². The van der Waals surface area contributed by atoms with E-state index < -0.39 is 16.8 Å². The van der Waals surface area contributed by atoms with E-state index in [1.54, 1.807) is 0 Å². The monoisotopic (exact) mass is 252 g/mol. The molecule has 1 aromatic carbocycles. The van der Waals surface area contributed by atoms with Gasteiger partial charge in [0, 0.05) is 19.7 Å². The second kappa shape index (κ2) is 5.76. The van der Waals surface area contributed by atoms with E-state index >= 15 is 0 Å². The minimum Gasteiger partial charge on any atom is -0.481 e. The number of nitro groups is 1. The predicted molar refractivity (Wildman–Crippen MR) is 62.3 cm³/mol. The first kappa shape index (κ1) is 13.6. The first-order valence-corrected chi connectivity index (χ1v) is 5.14. The standard InChI is InChI=1S/C11H12N2O5/c1-12(7-6-10(14)15)11(16)8-4-2-3-5-9(8)13(17)18/h2-5H,6-7H2,1H3,(H,14,15). The van der Waals surface area contributed by atoms with Crippen molar-refractivity contribution in [2.75, 3.05) is 13.6 Å². The molecule has 18 heavy (non-hydrogen) atoms. The van der Waals surface area contributed by atoms with Crippen LogP contribution in [-0.2, 0) is 4.79 Å². The van der Waals surface area contributed by atoms with E-state index in [9.17, 15) is 19.7 Å². The summed E-state index contributed by atoms with van der Waals surface area (Å²) in [4.78, 5) is 33.6. The minimum absolute atomic E-state index is 0.000214. The molecule has 7 heteroatoms. The van der Waals surface area contributed by atoms with Gasteiger partial charge in [0.25, 0.3) is 11.6 Å². The van der Waals surface area contributed by atoms with Crippen LogP contribution >= 0.6 is 0 Å². The highest BCUT2D eigenvalue weighted by Gasteiger charge is 2.22. The fourth-order valence-corrected chi connectivity index (χ4v) is 1.38. The first-order chi connectivity index (χ1) is 8.43. The number of hydrogen-bond acceptors (Lipinski definition) is 4. The summed E-state index contributed by atoms with van der Waals surface area (Å²) < 4.78 is 0. The maximum absolute atomic E-state index is 11.9. The second-order valence-electron chi connectivity index (χ2n) is 3.64. The SMILES string of the molecule is CN(CCC(=O)O)C(=O)c1ccccc1[N+](=O)[O-]. The number of nitrogens with zero attached hydrogens (tertiary/aromatic N) is 2. The molecule has 0 bridgehead atoms.